The Balaban J connectivity index is 1.41. The first-order chi connectivity index (χ1) is 12.6. The van der Waals surface area contributed by atoms with E-state index in [4.69, 9.17) is 4.74 Å². The molecule has 7 heteroatoms. The fourth-order valence-electron chi connectivity index (χ4n) is 3.97. The number of hydrogen-bond donors (Lipinski definition) is 2. The molecule has 2 fully saturated rings. The number of nitrogens with one attached hydrogen (secondary N) is 1. The van der Waals surface area contributed by atoms with E-state index in [1.165, 1.54) is 0 Å². The maximum atomic E-state index is 12.9. The molecule has 3 heterocycles. The molecular weight excluding hydrogens is 332 g/mol. The largest absolute Gasteiger partial charge is 0.388 e. The van der Waals surface area contributed by atoms with Gasteiger partial charge in [-0.25, -0.2) is 4.98 Å². The SMILES string of the molecule is O=C(c1ccc2nc[nH]c2c1)N1CCCC(O)(CN2CCOCC2)CC1. The molecule has 0 bridgehead atoms. The van der Waals surface area contributed by atoms with Crippen molar-refractivity contribution in [2.75, 3.05) is 45.9 Å². The second-order valence-electron chi connectivity index (χ2n) is 7.39. The van der Waals surface area contributed by atoms with E-state index in [1.807, 2.05) is 23.1 Å². The van der Waals surface area contributed by atoms with E-state index in [1.54, 1.807) is 6.33 Å². The molecule has 2 N–H and O–H groups in total. The van der Waals surface area contributed by atoms with Gasteiger partial charge in [-0.2, -0.15) is 0 Å². The van der Waals surface area contributed by atoms with Gasteiger partial charge in [-0.05, 0) is 37.5 Å². The van der Waals surface area contributed by atoms with Crippen LogP contribution in [0.1, 0.15) is 29.6 Å². The first kappa shape index (κ1) is 17.5. The Hall–Kier alpha value is -1.96. The molecule has 0 spiro atoms. The van der Waals surface area contributed by atoms with Gasteiger partial charge >= 0.3 is 0 Å². The van der Waals surface area contributed by atoms with Crippen molar-refractivity contribution >= 4 is 16.9 Å². The predicted molar refractivity (Wildman–Crippen MR) is 98.1 cm³/mol. The summed E-state index contributed by atoms with van der Waals surface area (Å²) < 4.78 is 5.39. The molecule has 4 rings (SSSR count). The molecule has 0 saturated carbocycles. The maximum Gasteiger partial charge on any atom is 0.253 e. The van der Waals surface area contributed by atoms with Crippen LogP contribution in [0.2, 0.25) is 0 Å². The number of carbonyl (C=O) groups excluding carboxylic acids is 1. The van der Waals surface area contributed by atoms with Gasteiger partial charge in [-0.15, -0.1) is 0 Å². The fourth-order valence-corrected chi connectivity index (χ4v) is 3.97. The third kappa shape index (κ3) is 3.75. The highest BCUT2D eigenvalue weighted by molar-refractivity contribution is 5.97. The summed E-state index contributed by atoms with van der Waals surface area (Å²) >= 11 is 0. The van der Waals surface area contributed by atoms with Crippen molar-refractivity contribution in [1.29, 1.82) is 0 Å². The molecule has 1 unspecified atom stereocenters. The van der Waals surface area contributed by atoms with Crippen LogP contribution in [0.15, 0.2) is 24.5 Å². The number of imidazole rings is 1. The van der Waals surface area contributed by atoms with Crippen LogP contribution in [0.4, 0.5) is 0 Å². The number of rotatable bonds is 3. The summed E-state index contributed by atoms with van der Waals surface area (Å²) in [6.07, 6.45) is 3.80. The second-order valence-corrected chi connectivity index (χ2v) is 7.39. The van der Waals surface area contributed by atoms with Crippen molar-refractivity contribution in [3.63, 3.8) is 0 Å². The van der Waals surface area contributed by atoms with E-state index in [0.29, 0.717) is 31.6 Å². The Kier molecular flexibility index (Phi) is 4.93. The van der Waals surface area contributed by atoms with Crippen molar-refractivity contribution in [3.8, 4) is 0 Å². The summed E-state index contributed by atoms with van der Waals surface area (Å²) in [5.74, 6) is 0.0251. The van der Waals surface area contributed by atoms with Gasteiger partial charge in [-0.1, -0.05) is 0 Å². The number of ether oxygens (including phenoxy) is 1. The smallest absolute Gasteiger partial charge is 0.253 e. The lowest BCUT2D eigenvalue weighted by Gasteiger charge is -2.35. The van der Waals surface area contributed by atoms with Gasteiger partial charge in [0.1, 0.15) is 0 Å². The van der Waals surface area contributed by atoms with Crippen molar-refractivity contribution < 1.29 is 14.6 Å². The van der Waals surface area contributed by atoms with Crippen molar-refractivity contribution in [2.24, 2.45) is 0 Å². The molecule has 2 saturated heterocycles. The quantitative estimate of drug-likeness (QED) is 0.863. The zero-order chi connectivity index (χ0) is 18.0. The lowest BCUT2D eigenvalue weighted by Crippen LogP contribution is -2.48. The minimum absolute atomic E-state index is 0.0251. The fraction of sp³-hybridized carbons (Fsp3) is 0.579. The molecule has 0 radical (unpaired) electrons. The highest BCUT2D eigenvalue weighted by Crippen LogP contribution is 2.25. The van der Waals surface area contributed by atoms with E-state index in [-0.39, 0.29) is 5.91 Å². The lowest BCUT2D eigenvalue weighted by atomic mass is 9.94. The zero-order valence-corrected chi connectivity index (χ0v) is 15.0. The summed E-state index contributed by atoms with van der Waals surface area (Å²) in [7, 11) is 0. The Morgan fingerprint density at radius 1 is 1.23 bits per heavy atom. The van der Waals surface area contributed by atoms with Gasteiger partial charge in [-0.3, -0.25) is 9.69 Å². The second kappa shape index (κ2) is 7.34. The van der Waals surface area contributed by atoms with Crippen LogP contribution in [0.3, 0.4) is 0 Å². The average Bonchev–Trinajstić information content (AvgIpc) is 3.04. The molecule has 7 nitrogen and oxygen atoms in total. The summed E-state index contributed by atoms with van der Waals surface area (Å²) in [4.78, 5) is 24.3. The van der Waals surface area contributed by atoms with Gasteiger partial charge in [0, 0.05) is 38.3 Å². The van der Waals surface area contributed by atoms with Gasteiger partial charge in [0.2, 0.25) is 0 Å². The average molecular weight is 358 g/mol. The van der Waals surface area contributed by atoms with Crippen molar-refractivity contribution in [1.82, 2.24) is 19.8 Å². The number of nitrogens with zero attached hydrogens (tertiary/aromatic N) is 3. The standard InChI is InChI=1S/C19H26N4O3/c24-18(15-2-3-16-17(12-15)21-14-20-16)23-6-1-4-19(25,5-7-23)13-22-8-10-26-11-9-22/h2-3,12,14,25H,1,4-11,13H2,(H,20,21). The highest BCUT2D eigenvalue weighted by atomic mass is 16.5. The number of morpholine rings is 1. The number of aromatic nitrogens is 2. The van der Waals surface area contributed by atoms with Gasteiger partial charge in [0.25, 0.3) is 5.91 Å². The Bertz CT molecular complexity index is 771. The van der Waals surface area contributed by atoms with E-state index in [0.717, 1.165) is 50.2 Å². The van der Waals surface area contributed by atoms with Crippen molar-refractivity contribution in [2.45, 2.75) is 24.9 Å². The molecule has 26 heavy (non-hydrogen) atoms. The number of benzene rings is 1. The Morgan fingerprint density at radius 3 is 2.92 bits per heavy atom. The minimum atomic E-state index is -0.723. The summed E-state index contributed by atoms with van der Waals surface area (Å²) in [5.41, 5.74) is 1.67. The minimum Gasteiger partial charge on any atom is -0.388 e. The molecule has 140 valence electrons. The molecule has 2 aliphatic rings. The number of β-amino-alcohol motifs (C(OH)–C–C–N with tert-alkyl or cyclic N) is 1. The van der Waals surface area contributed by atoms with Crippen molar-refractivity contribution in [3.05, 3.63) is 30.1 Å². The monoisotopic (exact) mass is 358 g/mol. The predicted octanol–water partition coefficient (Wildman–Crippen LogP) is 1.25. The number of carbonyl (C=O) groups is 1. The summed E-state index contributed by atoms with van der Waals surface area (Å²) in [5, 5.41) is 11.1. The molecule has 1 atom stereocenters. The van der Waals surface area contributed by atoms with E-state index in [2.05, 4.69) is 14.9 Å². The summed E-state index contributed by atoms with van der Waals surface area (Å²) in [6, 6.07) is 5.55. The molecule has 1 amide bonds. The number of H-pyrrole nitrogens is 1. The highest BCUT2D eigenvalue weighted by Gasteiger charge is 2.33. The van der Waals surface area contributed by atoms with Crippen LogP contribution < -0.4 is 0 Å². The Morgan fingerprint density at radius 2 is 2.08 bits per heavy atom. The molecule has 1 aromatic heterocycles. The first-order valence-corrected chi connectivity index (χ1v) is 9.38. The van der Waals surface area contributed by atoms with Gasteiger partial charge in [0.15, 0.2) is 0 Å². The van der Waals surface area contributed by atoms with Crippen LogP contribution >= 0.6 is 0 Å². The van der Waals surface area contributed by atoms with E-state index in [9.17, 15) is 9.90 Å². The first-order valence-electron chi connectivity index (χ1n) is 9.38. The topological polar surface area (TPSA) is 81.7 Å². The van der Waals surface area contributed by atoms with Crippen LogP contribution in [0.25, 0.3) is 11.0 Å². The van der Waals surface area contributed by atoms with Crippen LogP contribution in [-0.2, 0) is 4.74 Å². The number of hydrogen-bond acceptors (Lipinski definition) is 5. The van der Waals surface area contributed by atoms with Gasteiger partial charge < -0.3 is 19.7 Å². The maximum absolute atomic E-state index is 12.9. The number of aliphatic hydroxyl groups is 1. The number of aromatic amines is 1. The normalized spacial score (nSPS) is 25.3. The van der Waals surface area contributed by atoms with E-state index >= 15 is 0 Å². The van der Waals surface area contributed by atoms with Crippen LogP contribution in [0, 0.1) is 0 Å². The summed E-state index contributed by atoms with van der Waals surface area (Å²) in [6.45, 7) is 5.14. The number of likely N-dealkylation sites (tertiary alicyclic amines) is 1. The number of fused-ring (bicyclic) bond motifs is 1. The van der Waals surface area contributed by atoms with Crippen LogP contribution in [-0.4, -0.2) is 82.3 Å². The zero-order valence-electron chi connectivity index (χ0n) is 15.0. The molecule has 0 aliphatic carbocycles. The third-order valence-corrected chi connectivity index (χ3v) is 5.49. The van der Waals surface area contributed by atoms with E-state index < -0.39 is 5.60 Å². The lowest BCUT2D eigenvalue weighted by molar-refractivity contribution is -0.0389. The molecule has 1 aromatic carbocycles. The molecule has 2 aliphatic heterocycles. The molecular formula is C19H26N4O3. The van der Waals surface area contributed by atoms with Crippen LogP contribution in [0.5, 0.6) is 0 Å². The third-order valence-electron chi connectivity index (χ3n) is 5.49. The Labute approximate surface area is 152 Å². The number of amides is 1. The van der Waals surface area contributed by atoms with Gasteiger partial charge in [0.05, 0.1) is 36.2 Å². The molecule has 2 aromatic rings.